The average Bonchev–Trinajstić information content (AvgIpc) is 2.57. The Balaban J connectivity index is 3.25. The summed E-state index contributed by atoms with van der Waals surface area (Å²) >= 11 is 0.932. The Morgan fingerprint density at radius 1 is 1.53 bits per heavy atom. The number of anilines is 1. The van der Waals surface area contributed by atoms with Crippen molar-refractivity contribution in [3.8, 4) is 0 Å². The molecule has 1 aromatic rings. The van der Waals surface area contributed by atoms with Gasteiger partial charge in [0.1, 0.15) is 0 Å². The van der Waals surface area contributed by atoms with Crippen molar-refractivity contribution in [1.29, 1.82) is 0 Å². The Bertz CT molecular complexity index is 508. The summed E-state index contributed by atoms with van der Waals surface area (Å²) in [5, 5.41) is 9.42. The molecule has 17 heavy (non-hydrogen) atoms. The zero-order valence-electron chi connectivity index (χ0n) is 10.3. The Kier molecular flexibility index (Phi) is 3.82. The predicted molar refractivity (Wildman–Crippen MR) is 67.4 cm³/mol. The van der Waals surface area contributed by atoms with E-state index in [1.807, 2.05) is 0 Å². The molecule has 1 aromatic heterocycles. The lowest BCUT2D eigenvalue weighted by molar-refractivity contribution is 0.138. The van der Waals surface area contributed by atoms with Crippen molar-refractivity contribution in [2.75, 3.05) is 19.4 Å². The molecule has 0 aliphatic carbocycles. The maximum atomic E-state index is 12.3. The molecule has 0 saturated heterocycles. The molecule has 3 N–H and O–H groups in total. The minimum Gasteiger partial charge on any atom is -0.394 e. The fraction of sp³-hybridized carbons (Fsp3) is 0.667. The number of thiazole rings is 1. The number of rotatable bonds is 4. The number of hydrogen-bond donors (Lipinski definition) is 2. The second-order valence-electron chi connectivity index (χ2n) is 4.37. The number of nitrogen functional groups attached to an aromatic ring is 1. The standard InChI is InChI=1S/C9H17N3O3S2/c1-6-7(16-8(10)11-6)17(14,15)12(4)9(2,3)5-13/h13H,5H2,1-4H3,(H2,10,11). The van der Waals surface area contributed by atoms with Crippen molar-refractivity contribution in [2.45, 2.75) is 30.5 Å². The third-order valence-corrected chi connectivity index (χ3v) is 6.25. The molecule has 1 rings (SSSR count). The zero-order valence-corrected chi connectivity index (χ0v) is 11.9. The van der Waals surface area contributed by atoms with E-state index in [2.05, 4.69) is 4.98 Å². The maximum absolute atomic E-state index is 12.3. The van der Waals surface area contributed by atoms with Crippen LogP contribution in [0.2, 0.25) is 0 Å². The van der Waals surface area contributed by atoms with Crippen LogP contribution in [-0.4, -0.2) is 42.0 Å². The van der Waals surface area contributed by atoms with Crippen molar-refractivity contribution in [3.05, 3.63) is 5.69 Å². The number of likely N-dealkylation sites (N-methyl/N-ethyl adjacent to an activating group) is 1. The van der Waals surface area contributed by atoms with Crippen LogP contribution < -0.4 is 5.73 Å². The number of aliphatic hydroxyl groups is 1. The molecular formula is C9H17N3O3S2. The Hall–Kier alpha value is -0.700. The van der Waals surface area contributed by atoms with E-state index in [1.54, 1.807) is 20.8 Å². The highest BCUT2D eigenvalue weighted by Crippen LogP contribution is 2.30. The highest BCUT2D eigenvalue weighted by Gasteiger charge is 2.35. The van der Waals surface area contributed by atoms with Gasteiger partial charge in [-0.05, 0) is 20.8 Å². The maximum Gasteiger partial charge on any atom is 0.254 e. The molecule has 98 valence electrons. The van der Waals surface area contributed by atoms with Gasteiger partial charge in [-0.1, -0.05) is 11.3 Å². The molecule has 0 aliphatic heterocycles. The summed E-state index contributed by atoms with van der Waals surface area (Å²) in [5.41, 5.74) is 5.00. The number of aliphatic hydroxyl groups excluding tert-OH is 1. The van der Waals surface area contributed by atoms with Crippen molar-refractivity contribution in [1.82, 2.24) is 9.29 Å². The van der Waals surface area contributed by atoms with E-state index in [9.17, 15) is 13.5 Å². The largest absolute Gasteiger partial charge is 0.394 e. The zero-order chi connectivity index (χ0) is 13.4. The normalized spacial score (nSPS) is 13.3. The topological polar surface area (TPSA) is 96.5 Å². The molecule has 0 amide bonds. The molecule has 0 aromatic carbocycles. The molecule has 0 atom stereocenters. The van der Waals surface area contributed by atoms with Crippen LogP contribution in [0.1, 0.15) is 19.5 Å². The Morgan fingerprint density at radius 2 is 2.06 bits per heavy atom. The van der Waals surface area contributed by atoms with Gasteiger partial charge in [0, 0.05) is 7.05 Å². The smallest absolute Gasteiger partial charge is 0.254 e. The highest BCUT2D eigenvalue weighted by molar-refractivity contribution is 7.91. The molecule has 0 bridgehead atoms. The van der Waals surface area contributed by atoms with Crippen LogP contribution in [-0.2, 0) is 10.0 Å². The first-order chi connectivity index (χ1) is 7.63. The van der Waals surface area contributed by atoms with Gasteiger partial charge in [0.25, 0.3) is 10.0 Å². The first-order valence-corrected chi connectivity index (χ1v) is 7.21. The monoisotopic (exact) mass is 279 g/mol. The van der Waals surface area contributed by atoms with Crippen molar-refractivity contribution in [3.63, 3.8) is 0 Å². The van der Waals surface area contributed by atoms with Gasteiger partial charge in [0.05, 0.1) is 17.8 Å². The van der Waals surface area contributed by atoms with E-state index in [-0.39, 0.29) is 15.9 Å². The summed E-state index contributed by atoms with van der Waals surface area (Å²) in [6.45, 7) is 4.62. The second-order valence-corrected chi connectivity index (χ2v) is 7.56. The van der Waals surface area contributed by atoms with E-state index < -0.39 is 15.6 Å². The summed E-state index contributed by atoms with van der Waals surface area (Å²) in [4.78, 5) is 3.90. The van der Waals surface area contributed by atoms with Crippen LogP contribution in [0.5, 0.6) is 0 Å². The highest BCUT2D eigenvalue weighted by atomic mass is 32.2. The lowest BCUT2D eigenvalue weighted by Crippen LogP contribution is -2.47. The van der Waals surface area contributed by atoms with E-state index in [0.717, 1.165) is 15.6 Å². The van der Waals surface area contributed by atoms with Crippen molar-refractivity contribution >= 4 is 26.5 Å². The summed E-state index contributed by atoms with van der Waals surface area (Å²) in [5.74, 6) is 0. The lowest BCUT2D eigenvalue weighted by atomic mass is 10.1. The molecule has 0 aliphatic rings. The second kappa shape index (κ2) is 4.52. The van der Waals surface area contributed by atoms with Gasteiger partial charge in [-0.25, -0.2) is 13.4 Å². The van der Waals surface area contributed by atoms with Gasteiger partial charge < -0.3 is 10.8 Å². The SMILES string of the molecule is Cc1nc(N)sc1S(=O)(=O)N(C)C(C)(C)CO. The van der Waals surface area contributed by atoms with Gasteiger partial charge in [-0.3, -0.25) is 0 Å². The Morgan fingerprint density at radius 3 is 2.41 bits per heavy atom. The van der Waals surface area contributed by atoms with Crippen LogP contribution >= 0.6 is 11.3 Å². The molecule has 6 nitrogen and oxygen atoms in total. The summed E-state index contributed by atoms with van der Waals surface area (Å²) in [7, 11) is -2.24. The van der Waals surface area contributed by atoms with E-state index >= 15 is 0 Å². The number of nitrogens with zero attached hydrogens (tertiary/aromatic N) is 2. The first-order valence-electron chi connectivity index (χ1n) is 4.95. The van der Waals surface area contributed by atoms with Crippen molar-refractivity contribution in [2.24, 2.45) is 0 Å². The molecule has 0 radical (unpaired) electrons. The van der Waals surface area contributed by atoms with Crippen LogP contribution in [0, 0.1) is 6.92 Å². The van der Waals surface area contributed by atoms with Crippen LogP contribution in [0.15, 0.2) is 4.21 Å². The van der Waals surface area contributed by atoms with Gasteiger partial charge in [0.15, 0.2) is 9.34 Å². The van der Waals surface area contributed by atoms with Gasteiger partial charge in [-0.2, -0.15) is 4.31 Å². The lowest BCUT2D eigenvalue weighted by Gasteiger charge is -2.32. The third-order valence-electron chi connectivity index (χ3n) is 2.60. The van der Waals surface area contributed by atoms with E-state index in [0.29, 0.717) is 5.69 Å². The summed E-state index contributed by atoms with van der Waals surface area (Å²) in [6.07, 6.45) is 0. The molecule has 0 saturated carbocycles. The fourth-order valence-corrected chi connectivity index (χ4v) is 4.15. The van der Waals surface area contributed by atoms with Crippen LogP contribution in [0.3, 0.4) is 0 Å². The minimum absolute atomic E-state index is 0.124. The third kappa shape index (κ3) is 2.59. The van der Waals surface area contributed by atoms with Crippen molar-refractivity contribution < 1.29 is 13.5 Å². The van der Waals surface area contributed by atoms with Crippen LogP contribution in [0.25, 0.3) is 0 Å². The molecule has 8 heteroatoms. The number of aromatic nitrogens is 1. The number of aryl methyl sites for hydroxylation is 1. The quantitative estimate of drug-likeness (QED) is 0.833. The van der Waals surface area contributed by atoms with Gasteiger partial charge in [-0.15, -0.1) is 0 Å². The van der Waals surface area contributed by atoms with Gasteiger partial charge in [0.2, 0.25) is 0 Å². The fourth-order valence-electron chi connectivity index (χ4n) is 1.19. The molecule has 0 unspecified atom stereocenters. The first kappa shape index (κ1) is 14.4. The molecule has 0 spiro atoms. The number of sulfonamides is 1. The van der Waals surface area contributed by atoms with Gasteiger partial charge >= 0.3 is 0 Å². The van der Waals surface area contributed by atoms with E-state index in [1.165, 1.54) is 7.05 Å². The van der Waals surface area contributed by atoms with E-state index in [4.69, 9.17) is 5.73 Å². The number of nitrogens with two attached hydrogens (primary N) is 1. The predicted octanol–water partition coefficient (Wildman–Crippen LogP) is 0.425. The summed E-state index contributed by atoms with van der Waals surface area (Å²) < 4.78 is 25.9. The minimum atomic E-state index is -3.67. The molecule has 1 heterocycles. The summed E-state index contributed by atoms with van der Waals surface area (Å²) in [6, 6.07) is 0. The average molecular weight is 279 g/mol. The molecular weight excluding hydrogens is 262 g/mol. The van der Waals surface area contributed by atoms with Crippen LogP contribution in [0.4, 0.5) is 5.13 Å². The molecule has 0 fully saturated rings. The number of hydrogen-bond acceptors (Lipinski definition) is 6. The Labute approximate surface area is 105 Å².